The summed E-state index contributed by atoms with van der Waals surface area (Å²) in [6.07, 6.45) is 1.49. The molecule has 3 amide bonds. The minimum atomic E-state index is -0.436. The lowest BCUT2D eigenvalue weighted by atomic mass is 10.2. The third-order valence-electron chi connectivity index (χ3n) is 4.26. The van der Waals surface area contributed by atoms with Gasteiger partial charge in [0.25, 0.3) is 0 Å². The number of carbonyl (C=O) groups is 2. The highest BCUT2D eigenvalue weighted by atomic mass is 32.1. The zero-order valence-corrected chi connectivity index (χ0v) is 15.6. The highest BCUT2D eigenvalue weighted by molar-refractivity contribution is 7.09. The van der Waals surface area contributed by atoms with Crippen LogP contribution < -0.4 is 15.4 Å². The zero-order chi connectivity index (χ0) is 18.4. The number of para-hydroxylation sites is 2. The molecule has 1 aromatic carbocycles. The molecule has 1 atom stereocenters. The van der Waals surface area contributed by atoms with E-state index in [0.29, 0.717) is 37.6 Å². The molecule has 0 bridgehead atoms. The largest absolute Gasteiger partial charge is 0.492 e. The van der Waals surface area contributed by atoms with Crippen LogP contribution in [0.4, 0.5) is 10.5 Å². The number of ether oxygens (including phenoxy) is 1. The van der Waals surface area contributed by atoms with Crippen LogP contribution in [-0.4, -0.2) is 36.0 Å². The van der Waals surface area contributed by atoms with Crippen LogP contribution in [0, 0.1) is 0 Å². The Balaban J connectivity index is 1.62. The lowest BCUT2D eigenvalue weighted by Gasteiger charge is -2.24. The van der Waals surface area contributed by atoms with Gasteiger partial charge >= 0.3 is 6.03 Å². The summed E-state index contributed by atoms with van der Waals surface area (Å²) in [7, 11) is 0. The molecular formula is C19H23N3O3S. The molecule has 1 saturated heterocycles. The van der Waals surface area contributed by atoms with Crippen molar-refractivity contribution in [2.45, 2.75) is 32.4 Å². The highest BCUT2D eigenvalue weighted by Crippen LogP contribution is 2.26. The standard InChI is InChI=1S/C19H23N3O3S/c1-2-25-17-10-4-3-8-15(17)21-19(24)22-11-5-9-16(22)18(23)20-13-14-7-6-12-26-14/h3-4,6-8,10,12,16H,2,5,9,11,13H2,1H3,(H,20,23)(H,21,24)/t16-/m0/s1. The first-order chi connectivity index (χ1) is 12.7. The Hall–Kier alpha value is -2.54. The molecule has 1 aliphatic rings. The summed E-state index contributed by atoms with van der Waals surface area (Å²) in [6, 6.07) is 10.5. The van der Waals surface area contributed by atoms with E-state index in [1.54, 1.807) is 22.3 Å². The molecule has 0 spiro atoms. The fourth-order valence-electron chi connectivity index (χ4n) is 3.03. The Bertz CT molecular complexity index is 748. The second-order valence-corrected chi connectivity index (χ2v) is 7.04. The van der Waals surface area contributed by atoms with E-state index in [4.69, 9.17) is 4.74 Å². The van der Waals surface area contributed by atoms with Gasteiger partial charge < -0.3 is 20.3 Å². The fraction of sp³-hybridized carbons (Fsp3) is 0.368. The maximum atomic E-state index is 12.7. The van der Waals surface area contributed by atoms with Crippen molar-refractivity contribution in [3.05, 3.63) is 46.7 Å². The quantitative estimate of drug-likeness (QED) is 0.815. The Labute approximate surface area is 157 Å². The summed E-state index contributed by atoms with van der Waals surface area (Å²) in [5, 5.41) is 7.79. The number of hydrogen-bond acceptors (Lipinski definition) is 4. The fourth-order valence-corrected chi connectivity index (χ4v) is 3.67. The van der Waals surface area contributed by atoms with Crippen LogP contribution in [0.2, 0.25) is 0 Å². The number of rotatable bonds is 6. The molecule has 0 unspecified atom stereocenters. The Kier molecular flexibility index (Phi) is 6.12. The van der Waals surface area contributed by atoms with Gasteiger partial charge in [0.05, 0.1) is 18.8 Å². The van der Waals surface area contributed by atoms with Crippen LogP contribution in [0.1, 0.15) is 24.6 Å². The average Bonchev–Trinajstić information content (AvgIpc) is 3.33. The molecule has 138 valence electrons. The number of hydrogen-bond donors (Lipinski definition) is 2. The van der Waals surface area contributed by atoms with Gasteiger partial charge in [0, 0.05) is 11.4 Å². The molecule has 1 aromatic heterocycles. The minimum Gasteiger partial charge on any atom is -0.492 e. The second kappa shape index (κ2) is 8.71. The summed E-state index contributed by atoms with van der Waals surface area (Å²) in [5.74, 6) is 0.519. The maximum absolute atomic E-state index is 12.7. The SMILES string of the molecule is CCOc1ccccc1NC(=O)N1CCC[C@H]1C(=O)NCc1cccs1. The molecule has 2 heterocycles. The molecule has 2 aromatic rings. The molecule has 0 saturated carbocycles. The number of likely N-dealkylation sites (tertiary alicyclic amines) is 1. The maximum Gasteiger partial charge on any atom is 0.322 e. The number of benzene rings is 1. The van der Waals surface area contributed by atoms with Crippen LogP contribution in [0.15, 0.2) is 41.8 Å². The monoisotopic (exact) mass is 373 g/mol. The van der Waals surface area contributed by atoms with Gasteiger partial charge in [0.2, 0.25) is 5.91 Å². The topological polar surface area (TPSA) is 70.7 Å². The lowest BCUT2D eigenvalue weighted by molar-refractivity contribution is -0.124. The molecule has 0 aliphatic carbocycles. The number of nitrogens with zero attached hydrogens (tertiary/aromatic N) is 1. The predicted octanol–water partition coefficient (Wildman–Crippen LogP) is 3.46. The lowest BCUT2D eigenvalue weighted by Crippen LogP contribution is -2.47. The number of anilines is 1. The van der Waals surface area contributed by atoms with Crippen molar-refractivity contribution in [2.75, 3.05) is 18.5 Å². The number of nitrogens with one attached hydrogen (secondary N) is 2. The van der Waals surface area contributed by atoms with Crippen LogP contribution >= 0.6 is 11.3 Å². The van der Waals surface area contributed by atoms with Crippen molar-refractivity contribution >= 4 is 29.0 Å². The van der Waals surface area contributed by atoms with Gasteiger partial charge in [-0.1, -0.05) is 18.2 Å². The number of thiophene rings is 1. The summed E-state index contributed by atoms with van der Waals surface area (Å²) in [5.41, 5.74) is 0.615. The van der Waals surface area contributed by atoms with Crippen molar-refractivity contribution in [3.63, 3.8) is 0 Å². The third-order valence-corrected chi connectivity index (χ3v) is 5.14. The molecule has 3 rings (SSSR count). The molecule has 6 nitrogen and oxygen atoms in total. The van der Waals surface area contributed by atoms with Crippen molar-refractivity contribution in [1.82, 2.24) is 10.2 Å². The zero-order valence-electron chi connectivity index (χ0n) is 14.7. The van der Waals surface area contributed by atoms with Gasteiger partial charge in [0.15, 0.2) is 0 Å². The first kappa shape index (κ1) is 18.3. The first-order valence-electron chi connectivity index (χ1n) is 8.78. The van der Waals surface area contributed by atoms with Crippen molar-refractivity contribution in [1.29, 1.82) is 0 Å². The van der Waals surface area contributed by atoms with E-state index < -0.39 is 6.04 Å². The van der Waals surface area contributed by atoms with Crippen molar-refractivity contribution < 1.29 is 14.3 Å². The van der Waals surface area contributed by atoms with Gasteiger partial charge in [-0.2, -0.15) is 0 Å². The van der Waals surface area contributed by atoms with Gasteiger partial charge in [-0.15, -0.1) is 11.3 Å². The van der Waals surface area contributed by atoms with E-state index in [9.17, 15) is 9.59 Å². The molecule has 1 fully saturated rings. The van der Waals surface area contributed by atoms with Crippen molar-refractivity contribution in [2.24, 2.45) is 0 Å². The summed E-state index contributed by atoms with van der Waals surface area (Å²) >= 11 is 1.60. The van der Waals surface area contributed by atoms with E-state index in [0.717, 1.165) is 11.3 Å². The molecule has 2 N–H and O–H groups in total. The van der Waals surface area contributed by atoms with Gasteiger partial charge in [0.1, 0.15) is 11.8 Å². The number of amides is 3. The average molecular weight is 373 g/mol. The summed E-state index contributed by atoms with van der Waals surface area (Å²) < 4.78 is 5.54. The van der Waals surface area contributed by atoms with Gasteiger partial charge in [-0.25, -0.2) is 4.79 Å². The Morgan fingerprint density at radius 3 is 2.88 bits per heavy atom. The number of urea groups is 1. The third kappa shape index (κ3) is 4.35. The van der Waals surface area contributed by atoms with Gasteiger partial charge in [-0.3, -0.25) is 4.79 Å². The predicted molar refractivity (Wildman–Crippen MR) is 103 cm³/mol. The smallest absolute Gasteiger partial charge is 0.322 e. The summed E-state index contributed by atoms with van der Waals surface area (Å²) in [6.45, 7) is 3.48. The first-order valence-corrected chi connectivity index (χ1v) is 9.66. The van der Waals surface area contributed by atoms with E-state index in [2.05, 4.69) is 10.6 Å². The normalized spacial score (nSPS) is 16.3. The molecule has 26 heavy (non-hydrogen) atoms. The van der Waals surface area contributed by atoms with Crippen LogP contribution in [0.25, 0.3) is 0 Å². The van der Waals surface area contributed by atoms with Gasteiger partial charge in [-0.05, 0) is 43.3 Å². The number of carbonyl (C=O) groups excluding carboxylic acids is 2. The Morgan fingerprint density at radius 2 is 2.12 bits per heavy atom. The highest BCUT2D eigenvalue weighted by Gasteiger charge is 2.34. The van der Waals surface area contributed by atoms with E-state index >= 15 is 0 Å². The van der Waals surface area contributed by atoms with Crippen LogP contribution in [0.3, 0.4) is 0 Å². The van der Waals surface area contributed by atoms with E-state index in [1.807, 2.05) is 42.6 Å². The van der Waals surface area contributed by atoms with Crippen LogP contribution in [-0.2, 0) is 11.3 Å². The van der Waals surface area contributed by atoms with Crippen molar-refractivity contribution in [3.8, 4) is 5.75 Å². The minimum absolute atomic E-state index is 0.107. The molecule has 1 aliphatic heterocycles. The second-order valence-electron chi connectivity index (χ2n) is 6.01. The van der Waals surface area contributed by atoms with Crippen LogP contribution in [0.5, 0.6) is 5.75 Å². The Morgan fingerprint density at radius 1 is 1.27 bits per heavy atom. The molecule has 0 radical (unpaired) electrons. The van der Waals surface area contributed by atoms with E-state index in [1.165, 1.54) is 0 Å². The van der Waals surface area contributed by atoms with E-state index in [-0.39, 0.29) is 11.9 Å². The summed E-state index contributed by atoms with van der Waals surface area (Å²) in [4.78, 5) is 27.9. The molecular weight excluding hydrogens is 350 g/mol. The molecule has 7 heteroatoms.